The zero-order valence-electron chi connectivity index (χ0n) is 19.4. The molecule has 0 aromatic heterocycles. The Morgan fingerprint density at radius 1 is 0.968 bits per heavy atom. The summed E-state index contributed by atoms with van der Waals surface area (Å²) in [4.78, 5) is 0. The molecule has 0 fully saturated rings. The summed E-state index contributed by atoms with van der Waals surface area (Å²) in [6, 6.07) is 9.05. The Hall–Kier alpha value is -2.80. The van der Waals surface area contributed by atoms with Gasteiger partial charge < -0.3 is 5.32 Å². The number of hydrogen-bond acceptors (Lipinski definition) is 1. The molecule has 1 nitrogen and oxygen atoms in total. The largest absolute Gasteiger partial charge is 0.358 e. The highest BCUT2D eigenvalue weighted by Gasteiger charge is 2.32. The molecule has 1 atom stereocenters. The third-order valence-corrected chi connectivity index (χ3v) is 6.67. The van der Waals surface area contributed by atoms with Gasteiger partial charge in [0.25, 0.3) is 0 Å². The van der Waals surface area contributed by atoms with Crippen LogP contribution < -0.4 is 5.32 Å². The number of nitrogens with one attached hydrogen (secondary N) is 1. The molecule has 3 aliphatic rings. The van der Waals surface area contributed by atoms with Crippen LogP contribution in [-0.4, -0.2) is 0 Å². The van der Waals surface area contributed by atoms with E-state index in [1.165, 1.54) is 45.7 Å². The van der Waals surface area contributed by atoms with Crippen molar-refractivity contribution in [1.29, 1.82) is 0 Å². The van der Waals surface area contributed by atoms with Gasteiger partial charge in [0.1, 0.15) is 0 Å². The number of rotatable bonds is 2. The van der Waals surface area contributed by atoms with Crippen molar-refractivity contribution in [2.24, 2.45) is 5.92 Å². The van der Waals surface area contributed by atoms with Crippen LogP contribution in [0.5, 0.6) is 0 Å². The van der Waals surface area contributed by atoms with E-state index in [1.54, 1.807) is 0 Å². The van der Waals surface area contributed by atoms with Crippen molar-refractivity contribution in [1.82, 2.24) is 5.32 Å². The molecule has 0 saturated heterocycles. The molecule has 0 heterocycles. The van der Waals surface area contributed by atoms with E-state index < -0.39 is 0 Å². The van der Waals surface area contributed by atoms with E-state index in [0.29, 0.717) is 5.92 Å². The Bertz CT molecular complexity index is 1050. The lowest BCUT2D eigenvalue weighted by Crippen LogP contribution is -2.20. The fourth-order valence-corrected chi connectivity index (χ4v) is 5.12. The molecule has 31 heavy (non-hydrogen) atoms. The molecule has 4 rings (SSSR count). The van der Waals surface area contributed by atoms with Crippen molar-refractivity contribution < 1.29 is 0 Å². The number of hydrogen-bond donors (Lipinski definition) is 1. The molecule has 0 radical (unpaired) electrons. The van der Waals surface area contributed by atoms with Crippen LogP contribution in [0.15, 0.2) is 101 Å². The number of fused-ring (bicyclic) bond motifs is 4. The first-order valence-corrected chi connectivity index (χ1v) is 11.6. The molecular formula is C30H35N. The minimum absolute atomic E-state index is 0.174. The molecule has 3 aliphatic carbocycles. The normalized spacial score (nSPS) is 25.7. The molecular weight excluding hydrogens is 374 g/mol. The predicted octanol–water partition coefficient (Wildman–Crippen LogP) is 7.93. The average Bonchev–Trinajstić information content (AvgIpc) is 3.00. The van der Waals surface area contributed by atoms with Crippen molar-refractivity contribution in [2.75, 3.05) is 0 Å². The van der Waals surface area contributed by atoms with Crippen LogP contribution in [0.25, 0.3) is 5.57 Å². The summed E-state index contributed by atoms with van der Waals surface area (Å²) in [5.41, 5.74) is 9.51. The van der Waals surface area contributed by atoms with Crippen LogP contribution in [0, 0.1) is 5.92 Å². The first-order chi connectivity index (χ1) is 14.9. The van der Waals surface area contributed by atoms with Crippen molar-refractivity contribution in [3.8, 4) is 0 Å². The molecule has 1 unspecified atom stereocenters. The maximum atomic E-state index is 3.79. The second kappa shape index (κ2) is 9.14. The van der Waals surface area contributed by atoms with Gasteiger partial charge in [-0.15, -0.1) is 0 Å². The summed E-state index contributed by atoms with van der Waals surface area (Å²) in [6.07, 6.45) is 24.6. The third-order valence-electron chi connectivity index (χ3n) is 6.67. The van der Waals surface area contributed by atoms with E-state index in [-0.39, 0.29) is 5.41 Å². The summed E-state index contributed by atoms with van der Waals surface area (Å²) in [5.74, 6) is 0.641. The van der Waals surface area contributed by atoms with E-state index in [4.69, 9.17) is 0 Å². The second-order valence-electron chi connectivity index (χ2n) is 9.83. The lowest BCUT2D eigenvalue weighted by Gasteiger charge is -2.28. The summed E-state index contributed by atoms with van der Waals surface area (Å²) in [5, 5.41) is 3.79. The molecule has 0 spiro atoms. The van der Waals surface area contributed by atoms with Gasteiger partial charge in [-0.05, 0) is 84.4 Å². The van der Waals surface area contributed by atoms with Crippen LogP contribution in [-0.2, 0) is 5.41 Å². The first-order valence-electron chi connectivity index (χ1n) is 11.6. The summed E-state index contributed by atoms with van der Waals surface area (Å²) >= 11 is 0. The molecule has 0 aliphatic heterocycles. The molecule has 1 heteroatoms. The van der Waals surface area contributed by atoms with E-state index in [1.807, 2.05) is 0 Å². The van der Waals surface area contributed by atoms with Gasteiger partial charge >= 0.3 is 0 Å². The molecule has 2 bridgehead atoms. The molecule has 0 saturated carbocycles. The highest BCUT2D eigenvalue weighted by molar-refractivity contribution is 5.73. The topological polar surface area (TPSA) is 12.0 Å². The Kier molecular flexibility index (Phi) is 6.32. The highest BCUT2D eigenvalue weighted by Crippen LogP contribution is 2.44. The van der Waals surface area contributed by atoms with Gasteiger partial charge in [-0.2, -0.15) is 0 Å². The smallest absolute Gasteiger partial charge is 0.0387 e. The Morgan fingerprint density at radius 3 is 2.68 bits per heavy atom. The lowest BCUT2D eigenvalue weighted by molar-refractivity contribution is 0.373. The van der Waals surface area contributed by atoms with E-state index >= 15 is 0 Å². The first kappa shape index (κ1) is 21.4. The summed E-state index contributed by atoms with van der Waals surface area (Å²) in [6.45, 7) is 9.20. The highest BCUT2D eigenvalue weighted by atomic mass is 14.9. The zero-order chi connectivity index (χ0) is 21.8. The molecule has 1 aromatic rings. The van der Waals surface area contributed by atoms with Crippen molar-refractivity contribution in [3.05, 3.63) is 113 Å². The Balaban J connectivity index is 1.84. The Morgan fingerprint density at radius 2 is 1.81 bits per heavy atom. The van der Waals surface area contributed by atoms with Crippen molar-refractivity contribution in [3.63, 3.8) is 0 Å². The number of allylic oxidation sites excluding steroid dienone is 12. The number of benzene rings is 1. The summed E-state index contributed by atoms with van der Waals surface area (Å²) < 4.78 is 0. The fraction of sp³-hybridized carbons (Fsp3) is 0.333. The second-order valence-corrected chi connectivity index (χ2v) is 9.83. The van der Waals surface area contributed by atoms with Gasteiger partial charge in [-0.25, -0.2) is 0 Å². The lowest BCUT2D eigenvalue weighted by atomic mass is 9.77. The van der Waals surface area contributed by atoms with Gasteiger partial charge in [-0.1, -0.05) is 80.6 Å². The maximum absolute atomic E-state index is 3.79. The van der Waals surface area contributed by atoms with Gasteiger partial charge in [0.2, 0.25) is 0 Å². The Labute approximate surface area is 188 Å². The van der Waals surface area contributed by atoms with Crippen LogP contribution in [0.2, 0.25) is 0 Å². The van der Waals surface area contributed by atoms with Crippen LogP contribution in [0.3, 0.4) is 0 Å². The van der Waals surface area contributed by atoms with Gasteiger partial charge in [0, 0.05) is 17.8 Å². The minimum Gasteiger partial charge on any atom is -0.358 e. The molecule has 160 valence electrons. The van der Waals surface area contributed by atoms with Crippen molar-refractivity contribution >= 4 is 5.57 Å². The van der Waals surface area contributed by atoms with Crippen LogP contribution in [0.1, 0.15) is 64.5 Å². The molecule has 1 aromatic carbocycles. The maximum Gasteiger partial charge on any atom is 0.0387 e. The van der Waals surface area contributed by atoms with Crippen LogP contribution >= 0.6 is 0 Å². The molecule has 0 amide bonds. The average molecular weight is 410 g/mol. The standard InChI is InChI=1S/C30H35N/c1-22-12-8-9-14-24-19-25(27-15-10-11-16-28(27)30(3,4)21-24)20-26(18-22)31-29-17-7-5-6-13-23(29)2/h5-13,15-16,18,20,24,31H,14,17,19,21H2,1-4H3/b9-8-,22-12+,25-20?,26-18?. The van der Waals surface area contributed by atoms with Gasteiger partial charge in [0.05, 0.1) is 0 Å². The van der Waals surface area contributed by atoms with Crippen LogP contribution in [0.4, 0.5) is 0 Å². The minimum atomic E-state index is 0.174. The quantitative estimate of drug-likeness (QED) is 0.523. The van der Waals surface area contributed by atoms with Gasteiger partial charge in [-0.3, -0.25) is 0 Å². The predicted molar refractivity (Wildman–Crippen MR) is 134 cm³/mol. The monoisotopic (exact) mass is 409 g/mol. The van der Waals surface area contributed by atoms with Crippen molar-refractivity contribution in [2.45, 2.75) is 58.8 Å². The fourth-order valence-electron chi connectivity index (χ4n) is 5.12. The third kappa shape index (κ3) is 5.10. The molecule has 1 N–H and O–H groups in total. The zero-order valence-corrected chi connectivity index (χ0v) is 19.4. The van der Waals surface area contributed by atoms with Gasteiger partial charge in [0.15, 0.2) is 0 Å². The SMILES string of the molecule is CC1=C(NC2=C/C(C)=C/C=C\CC3CC(=C2)c2ccccc2C(C)(C)C3)CC=CC=C1. The van der Waals surface area contributed by atoms with E-state index in [2.05, 4.69) is 112 Å². The summed E-state index contributed by atoms with van der Waals surface area (Å²) in [7, 11) is 0. The van der Waals surface area contributed by atoms with E-state index in [9.17, 15) is 0 Å². The van der Waals surface area contributed by atoms with E-state index in [0.717, 1.165) is 19.3 Å².